The van der Waals surface area contributed by atoms with Crippen LogP contribution in [-0.4, -0.2) is 41.8 Å². The Kier molecular flexibility index (Phi) is 9.28. The normalized spacial score (nSPS) is 10.8. The van der Waals surface area contributed by atoms with E-state index in [0.717, 1.165) is 5.69 Å². The quantitative estimate of drug-likeness (QED) is 0.257. The molecule has 9 heteroatoms. The summed E-state index contributed by atoms with van der Waals surface area (Å²) in [6.07, 6.45) is 1.75. The topological polar surface area (TPSA) is 83.3 Å². The number of carbonyl (C=O) groups excluding carboxylic acids is 1. The minimum atomic E-state index is -0.194. The number of aliphatic imine (C=N–C) groups is 1. The van der Waals surface area contributed by atoms with Crippen molar-refractivity contribution >= 4 is 47.4 Å². The molecule has 7 nitrogen and oxygen atoms in total. The summed E-state index contributed by atoms with van der Waals surface area (Å²) < 4.78 is 1.80. The average molecular weight is 477 g/mol. The first kappa shape index (κ1) is 21.2. The number of benzene rings is 1. The van der Waals surface area contributed by atoms with Crippen molar-refractivity contribution in [3.05, 3.63) is 52.8 Å². The van der Waals surface area contributed by atoms with E-state index in [0.29, 0.717) is 36.2 Å². The molecule has 0 aliphatic rings. The van der Waals surface area contributed by atoms with Crippen LogP contribution in [0, 0.1) is 0 Å². The van der Waals surface area contributed by atoms with Gasteiger partial charge in [0.05, 0.1) is 22.8 Å². The highest BCUT2D eigenvalue weighted by Crippen LogP contribution is 2.14. The second-order valence-electron chi connectivity index (χ2n) is 5.03. The van der Waals surface area contributed by atoms with Gasteiger partial charge < -0.3 is 16.0 Å². The monoisotopic (exact) mass is 476 g/mol. The maximum absolute atomic E-state index is 12.0. The lowest BCUT2D eigenvalue weighted by Crippen LogP contribution is -2.41. The number of aromatic nitrogens is 2. The fourth-order valence-electron chi connectivity index (χ4n) is 2.07. The Morgan fingerprint density at radius 2 is 1.92 bits per heavy atom. The third-order valence-corrected chi connectivity index (χ3v) is 3.73. The lowest BCUT2D eigenvalue weighted by atomic mass is 10.2. The van der Waals surface area contributed by atoms with Gasteiger partial charge in [-0.2, -0.15) is 5.10 Å². The van der Waals surface area contributed by atoms with Gasteiger partial charge in [0.1, 0.15) is 0 Å². The van der Waals surface area contributed by atoms with Crippen molar-refractivity contribution in [2.75, 3.05) is 20.1 Å². The van der Waals surface area contributed by atoms with Crippen molar-refractivity contribution in [1.82, 2.24) is 25.7 Å². The van der Waals surface area contributed by atoms with Crippen LogP contribution in [0.1, 0.15) is 16.1 Å². The van der Waals surface area contributed by atoms with E-state index < -0.39 is 0 Å². The van der Waals surface area contributed by atoms with Crippen LogP contribution >= 0.6 is 35.6 Å². The van der Waals surface area contributed by atoms with Gasteiger partial charge in [0, 0.05) is 33.4 Å². The number of hydrogen-bond acceptors (Lipinski definition) is 3. The molecule has 0 spiro atoms. The van der Waals surface area contributed by atoms with Crippen molar-refractivity contribution in [2.24, 2.45) is 12.0 Å². The zero-order chi connectivity index (χ0) is 17.4. The molecule has 2 rings (SSSR count). The van der Waals surface area contributed by atoms with Crippen LogP contribution in [0.3, 0.4) is 0 Å². The van der Waals surface area contributed by atoms with Gasteiger partial charge in [-0.3, -0.25) is 14.5 Å². The minimum Gasteiger partial charge on any atom is -0.355 e. The number of halogens is 2. The molecule has 1 aromatic heterocycles. The van der Waals surface area contributed by atoms with E-state index in [4.69, 9.17) is 11.6 Å². The van der Waals surface area contributed by atoms with E-state index >= 15 is 0 Å². The van der Waals surface area contributed by atoms with E-state index in [1.165, 1.54) is 0 Å². The fourth-order valence-corrected chi connectivity index (χ4v) is 2.29. The van der Waals surface area contributed by atoms with Crippen LogP contribution in [0.5, 0.6) is 0 Å². The first-order chi connectivity index (χ1) is 11.6. The number of aryl methyl sites for hydroxylation is 1. The molecule has 0 saturated carbocycles. The van der Waals surface area contributed by atoms with Crippen LogP contribution in [-0.2, 0) is 13.6 Å². The second kappa shape index (κ2) is 10.9. The SMILES string of the molecule is CN=C(NCCNC(=O)c1ccccc1Cl)NCc1ccnn1C.I. The van der Waals surface area contributed by atoms with Crippen molar-refractivity contribution in [3.8, 4) is 0 Å². The number of nitrogens with zero attached hydrogens (tertiary/aromatic N) is 3. The number of carbonyl (C=O) groups is 1. The Morgan fingerprint density at radius 1 is 1.20 bits per heavy atom. The Labute approximate surface area is 169 Å². The first-order valence-corrected chi connectivity index (χ1v) is 7.93. The molecule has 0 saturated heterocycles. The molecule has 1 amide bonds. The summed E-state index contributed by atoms with van der Waals surface area (Å²) in [6.45, 7) is 1.61. The molecule has 2 aromatic rings. The molecule has 1 aromatic carbocycles. The van der Waals surface area contributed by atoms with Gasteiger partial charge in [-0.25, -0.2) is 0 Å². The van der Waals surface area contributed by atoms with Crippen molar-refractivity contribution in [1.29, 1.82) is 0 Å². The van der Waals surface area contributed by atoms with Gasteiger partial charge in [0.25, 0.3) is 5.91 Å². The highest BCUT2D eigenvalue weighted by molar-refractivity contribution is 14.0. The average Bonchev–Trinajstić information content (AvgIpc) is 2.99. The van der Waals surface area contributed by atoms with Crippen LogP contribution in [0.4, 0.5) is 0 Å². The van der Waals surface area contributed by atoms with Crippen LogP contribution in [0.2, 0.25) is 5.02 Å². The zero-order valence-electron chi connectivity index (χ0n) is 14.1. The number of rotatable bonds is 6. The van der Waals surface area contributed by atoms with E-state index in [9.17, 15) is 4.79 Å². The molecule has 0 aliphatic carbocycles. The third-order valence-electron chi connectivity index (χ3n) is 3.40. The van der Waals surface area contributed by atoms with E-state index in [1.807, 2.05) is 13.1 Å². The molecule has 136 valence electrons. The molecule has 1 heterocycles. The summed E-state index contributed by atoms with van der Waals surface area (Å²) in [5.74, 6) is 0.462. The standard InChI is InChI=1S/C16H21ClN6O.HI/c1-18-16(21-11-12-7-8-22-23(12)2)20-10-9-19-15(24)13-5-3-4-6-14(13)17;/h3-8H,9-11H2,1-2H3,(H,19,24)(H2,18,20,21);1H. The van der Waals surface area contributed by atoms with Crippen LogP contribution in [0.15, 0.2) is 41.5 Å². The van der Waals surface area contributed by atoms with E-state index in [1.54, 1.807) is 42.2 Å². The van der Waals surface area contributed by atoms with E-state index in [-0.39, 0.29) is 29.9 Å². The molecule has 0 unspecified atom stereocenters. The molecular weight excluding hydrogens is 455 g/mol. The lowest BCUT2D eigenvalue weighted by Gasteiger charge is -2.12. The molecule has 0 bridgehead atoms. The predicted molar refractivity (Wildman–Crippen MR) is 111 cm³/mol. The number of hydrogen-bond donors (Lipinski definition) is 3. The fraction of sp³-hybridized carbons (Fsp3) is 0.312. The summed E-state index contributed by atoms with van der Waals surface area (Å²) in [4.78, 5) is 16.2. The largest absolute Gasteiger partial charge is 0.355 e. The zero-order valence-corrected chi connectivity index (χ0v) is 17.2. The van der Waals surface area contributed by atoms with Crippen LogP contribution < -0.4 is 16.0 Å². The van der Waals surface area contributed by atoms with E-state index in [2.05, 4.69) is 26.0 Å². The lowest BCUT2D eigenvalue weighted by molar-refractivity contribution is 0.0954. The molecular formula is C16H22ClIN6O. The molecule has 0 fully saturated rings. The highest BCUT2D eigenvalue weighted by Gasteiger charge is 2.08. The maximum Gasteiger partial charge on any atom is 0.252 e. The summed E-state index contributed by atoms with van der Waals surface area (Å²) in [5.41, 5.74) is 1.52. The molecule has 0 aliphatic heterocycles. The number of amides is 1. The highest BCUT2D eigenvalue weighted by atomic mass is 127. The minimum absolute atomic E-state index is 0. The summed E-state index contributed by atoms with van der Waals surface area (Å²) in [7, 11) is 3.58. The Bertz CT molecular complexity index is 718. The van der Waals surface area contributed by atoms with Crippen molar-refractivity contribution in [2.45, 2.75) is 6.54 Å². The van der Waals surface area contributed by atoms with Crippen molar-refractivity contribution < 1.29 is 4.79 Å². The maximum atomic E-state index is 12.0. The Balaban J connectivity index is 0.00000312. The molecule has 0 radical (unpaired) electrons. The Hall–Kier alpha value is -1.81. The Morgan fingerprint density at radius 3 is 2.56 bits per heavy atom. The van der Waals surface area contributed by atoms with Gasteiger partial charge in [0.2, 0.25) is 0 Å². The van der Waals surface area contributed by atoms with Gasteiger partial charge in [-0.05, 0) is 18.2 Å². The van der Waals surface area contributed by atoms with Gasteiger partial charge in [-0.15, -0.1) is 24.0 Å². The first-order valence-electron chi connectivity index (χ1n) is 7.56. The predicted octanol–water partition coefficient (Wildman–Crippen LogP) is 1.79. The summed E-state index contributed by atoms with van der Waals surface area (Å²) in [6, 6.07) is 8.89. The molecule has 0 atom stereocenters. The smallest absolute Gasteiger partial charge is 0.252 e. The summed E-state index contributed by atoms with van der Waals surface area (Å²) in [5, 5.41) is 13.7. The van der Waals surface area contributed by atoms with Gasteiger partial charge >= 0.3 is 0 Å². The molecule has 25 heavy (non-hydrogen) atoms. The second-order valence-corrected chi connectivity index (χ2v) is 5.44. The van der Waals surface area contributed by atoms with Gasteiger partial charge in [-0.1, -0.05) is 23.7 Å². The number of nitrogens with one attached hydrogen (secondary N) is 3. The summed E-state index contributed by atoms with van der Waals surface area (Å²) >= 11 is 5.99. The number of guanidine groups is 1. The third kappa shape index (κ3) is 6.54. The molecule has 3 N–H and O–H groups in total. The van der Waals surface area contributed by atoms with Gasteiger partial charge in [0.15, 0.2) is 5.96 Å². The van der Waals surface area contributed by atoms with Crippen LogP contribution in [0.25, 0.3) is 0 Å². The van der Waals surface area contributed by atoms with Crippen molar-refractivity contribution in [3.63, 3.8) is 0 Å².